The van der Waals surface area contributed by atoms with Crippen LogP contribution in [-0.4, -0.2) is 36.1 Å². The summed E-state index contributed by atoms with van der Waals surface area (Å²) in [5, 5.41) is 8.80. The molecule has 0 radical (unpaired) electrons. The van der Waals surface area contributed by atoms with Gasteiger partial charge in [-0.05, 0) is 12.8 Å². The van der Waals surface area contributed by atoms with Crippen LogP contribution in [0.2, 0.25) is 0 Å². The molecular formula is C11H16N2O2. The van der Waals surface area contributed by atoms with E-state index in [2.05, 4.69) is 6.07 Å². The molecule has 4 heteroatoms. The van der Waals surface area contributed by atoms with Crippen molar-refractivity contribution in [2.45, 2.75) is 44.2 Å². The number of hydrogen-bond acceptors (Lipinski definition) is 4. The van der Waals surface area contributed by atoms with Gasteiger partial charge in [0.2, 0.25) is 0 Å². The number of carbonyl (C=O) groups excluding carboxylic acids is 1. The second-order valence-electron chi connectivity index (χ2n) is 4.24. The highest BCUT2D eigenvalue weighted by Gasteiger charge is 2.36. The molecule has 1 saturated carbocycles. The molecule has 1 unspecified atom stereocenters. The van der Waals surface area contributed by atoms with Crippen LogP contribution in [0, 0.1) is 11.3 Å². The number of hydrogen-bond donors (Lipinski definition) is 0. The van der Waals surface area contributed by atoms with Gasteiger partial charge in [-0.1, -0.05) is 12.8 Å². The molecule has 2 fully saturated rings. The van der Waals surface area contributed by atoms with Gasteiger partial charge < -0.3 is 4.74 Å². The zero-order chi connectivity index (χ0) is 10.7. The molecule has 1 heterocycles. The molecule has 0 aromatic carbocycles. The smallest absolute Gasteiger partial charge is 0.323 e. The SMILES string of the molecule is N#CCN(C1CCCC1)C1CCOC1=O. The molecule has 0 aromatic heterocycles. The number of rotatable bonds is 3. The zero-order valence-electron chi connectivity index (χ0n) is 8.82. The summed E-state index contributed by atoms with van der Waals surface area (Å²) in [6, 6.07) is 2.42. The Morgan fingerprint density at radius 2 is 2.13 bits per heavy atom. The lowest BCUT2D eigenvalue weighted by atomic mass is 10.1. The molecule has 0 bridgehead atoms. The predicted molar refractivity (Wildman–Crippen MR) is 53.9 cm³/mol. The van der Waals surface area contributed by atoms with Crippen LogP contribution in [0.15, 0.2) is 0 Å². The van der Waals surface area contributed by atoms with Gasteiger partial charge in [-0.2, -0.15) is 5.26 Å². The number of carbonyl (C=O) groups is 1. The summed E-state index contributed by atoms with van der Waals surface area (Å²) in [6.07, 6.45) is 5.41. The summed E-state index contributed by atoms with van der Waals surface area (Å²) in [5.74, 6) is -0.142. The van der Waals surface area contributed by atoms with Gasteiger partial charge in [-0.3, -0.25) is 9.69 Å². The molecule has 0 N–H and O–H groups in total. The number of ether oxygens (including phenoxy) is 1. The van der Waals surface area contributed by atoms with Gasteiger partial charge in [0.1, 0.15) is 6.04 Å². The van der Waals surface area contributed by atoms with Crippen LogP contribution in [0.4, 0.5) is 0 Å². The Hall–Kier alpha value is -1.08. The molecule has 0 amide bonds. The second kappa shape index (κ2) is 4.63. The maximum absolute atomic E-state index is 11.5. The molecular weight excluding hydrogens is 192 g/mol. The largest absolute Gasteiger partial charge is 0.464 e. The summed E-state index contributed by atoms with van der Waals surface area (Å²) in [7, 11) is 0. The molecule has 1 saturated heterocycles. The summed E-state index contributed by atoms with van der Waals surface area (Å²) in [4.78, 5) is 13.5. The van der Waals surface area contributed by atoms with Crippen LogP contribution < -0.4 is 0 Å². The monoisotopic (exact) mass is 208 g/mol. The number of esters is 1. The summed E-state index contributed by atoms with van der Waals surface area (Å²) in [6.45, 7) is 0.864. The van der Waals surface area contributed by atoms with Crippen LogP contribution >= 0.6 is 0 Å². The van der Waals surface area contributed by atoms with Gasteiger partial charge in [0.25, 0.3) is 0 Å². The maximum Gasteiger partial charge on any atom is 0.323 e. The number of nitrogens with zero attached hydrogens (tertiary/aromatic N) is 2. The van der Waals surface area contributed by atoms with Crippen molar-refractivity contribution in [1.29, 1.82) is 5.26 Å². The lowest BCUT2D eigenvalue weighted by molar-refractivity contribution is -0.142. The van der Waals surface area contributed by atoms with E-state index in [1.165, 1.54) is 12.8 Å². The van der Waals surface area contributed by atoms with Gasteiger partial charge in [-0.15, -0.1) is 0 Å². The zero-order valence-corrected chi connectivity index (χ0v) is 8.82. The van der Waals surface area contributed by atoms with Gasteiger partial charge in [0, 0.05) is 12.5 Å². The lowest BCUT2D eigenvalue weighted by Crippen LogP contribution is -2.44. The Labute approximate surface area is 89.8 Å². The number of cyclic esters (lactones) is 1. The van der Waals surface area contributed by atoms with E-state index < -0.39 is 0 Å². The van der Waals surface area contributed by atoms with Crippen molar-refractivity contribution in [3.8, 4) is 6.07 Å². The first kappa shape index (κ1) is 10.4. The highest BCUT2D eigenvalue weighted by molar-refractivity contribution is 5.77. The second-order valence-corrected chi connectivity index (χ2v) is 4.24. The fraction of sp³-hybridized carbons (Fsp3) is 0.818. The highest BCUT2D eigenvalue weighted by Crippen LogP contribution is 2.27. The third-order valence-electron chi connectivity index (χ3n) is 3.36. The molecule has 82 valence electrons. The van der Waals surface area contributed by atoms with Crippen molar-refractivity contribution >= 4 is 5.97 Å². The Kier molecular flexibility index (Phi) is 3.22. The van der Waals surface area contributed by atoms with Crippen molar-refractivity contribution in [2.24, 2.45) is 0 Å². The van der Waals surface area contributed by atoms with Crippen molar-refractivity contribution in [3.05, 3.63) is 0 Å². The summed E-state index contributed by atoms with van der Waals surface area (Å²) < 4.78 is 4.96. The average molecular weight is 208 g/mol. The summed E-state index contributed by atoms with van der Waals surface area (Å²) >= 11 is 0. The van der Waals surface area contributed by atoms with E-state index in [1.807, 2.05) is 4.90 Å². The highest BCUT2D eigenvalue weighted by atomic mass is 16.5. The molecule has 15 heavy (non-hydrogen) atoms. The van der Waals surface area contributed by atoms with E-state index >= 15 is 0 Å². The molecule has 2 aliphatic rings. The van der Waals surface area contributed by atoms with Crippen molar-refractivity contribution in [2.75, 3.05) is 13.2 Å². The topological polar surface area (TPSA) is 53.3 Å². The number of nitriles is 1. The predicted octanol–water partition coefficient (Wildman–Crippen LogP) is 1.07. The molecule has 2 rings (SSSR count). The van der Waals surface area contributed by atoms with Gasteiger partial charge in [0.05, 0.1) is 19.2 Å². The minimum Gasteiger partial charge on any atom is -0.464 e. The van der Waals surface area contributed by atoms with Gasteiger partial charge in [-0.25, -0.2) is 0 Å². The fourth-order valence-electron chi connectivity index (χ4n) is 2.60. The standard InChI is InChI=1S/C11H16N2O2/c12-6-7-13(9-3-1-2-4-9)10-5-8-15-11(10)14/h9-10H,1-5,7-8H2. The van der Waals surface area contributed by atoms with Gasteiger partial charge in [0.15, 0.2) is 0 Å². The van der Waals surface area contributed by atoms with Crippen LogP contribution in [0.5, 0.6) is 0 Å². The first-order valence-corrected chi connectivity index (χ1v) is 5.62. The Balaban J connectivity index is 2.04. The summed E-state index contributed by atoms with van der Waals surface area (Å²) in [5.41, 5.74) is 0. The molecule has 0 spiro atoms. The Morgan fingerprint density at radius 3 is 2.67 bits per heavy atom. The first-order chi connectivity index (χ1) is 7.33. The van der Waals surface area contributed by atoms with Crippen LogP contribution in [-0.2, 0) is 9.53 Å². The third kappa shape index (κ3) is 2.13. The minimum atomic E-state index is -0.159. The van der Waals surface area contributed by atoms with E-state index in [0.717, 1.165) is 19.3 Å². The fourth-order valence-corrected chi connectivity index (χ4v) is 2.60. The quantitative estimate of drug-likeness (QED) is 0.514. The Bertz CT molecular complexity index is 279. The molecule has 4 nitrogen and oxygen atoms in total. The van der Waals surface area contributed by atoms with Gasteiger partial charge >= 0.3 is 5.97 Å². The molecule has 1 aliphatic heterocycles. The van der Waals surface area contributed by atoms with Crippen molar-refractivity contribution in [3.63, 3.8) is 0 Å². The molecule has 0 aromatic rings. The third-order valence-corrected chi connectivity index (χ3v) is 3.36. The van der Waals surface area contributed by atoms with Crippen molar-refractivity contribution in [1.82, 2.24) is 4.90 Å². The Morgan fingerprint density at radius 1 is 1.40 bits per heavy atom. The van der Waals surface area contributed by atoms with Crippen LogP contribution in [0.25, 0.3) is 0 Å². The molecule has 1 atom stereocenters. The van der Waals surface area contributed by atoms with E-state index in [1.54, 1.807) is 0 Å². The van der Waals surface area contributed by atoms with Crippen LogP contribution in [0.3, 0.4) is 0 Å². The first-order valence-electron chi connectivity index (χ1n) is 5.62. The van der Waals surface area contributed by atoms with E-state index in [0.29, 0.717) is 19.2 Å². The minimum absolute atomic E-state index is 0.142. The van der Waals surface area contributed by atoms with E-state index in [9.17, 15) is 4.79 Å². The van der Waals surface area contributed by atoms with Crippen molar-refractivity contribution < 1.29 is 9.53 Å². The molecule has 1 aliphatic carbocycles. The van der Waals surface area contributed by atoms with Crippen LogP contribution in [0.1, 0.15) is 32.1 Å². The lowest BCUT2D eigenvalue weighted by Gasteiger charge is -2.29. The van der Waals surface area contributed by atoms with E-state index in [-0.39, 0.29) is 12.0 Å². The average Bonchev–Trinajstić information content (AvgIpc) is 2.85. The van der Waals surface area contributed by atoms with E-state index in [4.69, 9.17) is 10.00 Å². The normalized spacial score (nSPS) is 26.9. The maximum atomic E-state index is 11.5.